The van der Waals surface area contributed by atoms with Gasteiger partial charge in [0.1, 0.15) is 5.82 Å². The topological polar surface area (TPSA) is 66.9 Å². The molecule has 2 heterocycles. The van der Waals surface area contributed by atoms with Gasteiger partial charge in [0.05, 0.1) is 15.6 Å². The molecule has 26 heavy (non-hydrogen) atoms. The third-order valence-electron chi connectivity index (χ3n) is 3.87. The first-order chi connectivity index (χ1) is 12.6. The third-order valence-corrected chi connectivity index (χ3v) is 5.12. The van der Waals surface area contributed by atoms with Crippen LogP contribution in [0.5, 0.6) is 0 Å². The zero-order chi connectivity index (χ0) is 18.5. The largest absolute Gasteiger partial charge is 0.338 e. The van der Waals surface area contributed by atoms with Gasteiger partial charge in [0.2, 0.25) is 0 Å². The van der Waals surface area contributed by atoms with E-state index in [0.717, 1.165) is 33.1 Å². The number of anilines is 1. The lowest BCUT2D eigenvalue weighted by Crippen LogP contribution is -2.28. The van der Waals surface area contributed by atoms with Crippen LogP contribution in [0.15, 0.2) is 42.6 Å². The SMILES string of the molecule is CCNC(=O)Nc1cc(-c2sc(CC)nc2-c2cccc(C)c2)ccn1. The van der Waals surface area contributed by atoms with Crippen LogP contribution < -0.4 is 10.6 Å². The highest BCUT2D eigenvalue weighted by atomic mass is 32.1. The van der Waals surface area contributed by atoms with Gasteiger partial charge in [-0.15, -0.1) is 11.3 Å². The summed E-state index contributed by atoms with van der Waals surface area (Å²) in [5.74, 6) is 0.523. The van der Waals surface area contributed by atoms with Crippen molar-refractivity contribution < 1.29 is 4.79 Å². The molecule has 0 saturated heterocycles. The molecule has 2 N–H and O–H groups in total. The summed E-state index contributed by atoms with van der Waals surface area (Å²) >= 11 is 1.68. The van der Waals surface area contributed by atoms with Crippen LogP contribution in [0.3, 0.4) is 0 Å². The van der Waals surface area contributed by atoms with Crippen molar-refractivity contribution >= 4 is 23.2 Å². The van der Waals surface area contributed by atoms with Gasteiger partial charge in [0.15, 0.2) is 0 Å². The first-order valence-corrected chi connectivity index (χ1v) is 9.50. The van der Waals surface area contributed by atoms with E-state index in [1.54, 1.807) is 17.5 Å². The quantitative estimate of drug-likeness (QED) is 0.676. The first kappa shape index (κ1) is 18.1. The van der Waals surface area contributed by atoms with E-state index in [4.69, 9.17) is 4.98 Å². The Morgan fingerprint density at radius 1 is 1.15 bits per heavy atom. The summed E-state index contributed by atoms with van der Waals surface area (Å²) in [7, 11) is 0. The molecule has 6 heteroatoms. The van der Waals surface area contributed by atoms with Crippen molar-refractivity contribution in [1.82, 2.24) is 15.3 Å². The smallest absolute Gasteiger partial charge is 0.320 e. The number of urea groups is 1. The number of hydrogen-bond donors (Lipinski definition) is 2. The molecule has 0 fully saturated rings. The molecule has 0 bridgehead atoms. The Bertz CT molecular complexity index is 920. The summed E-state index contributed by atoms with van der Waals surface area (Å²) in [5, 5.41) is 6.56. The number of thiazole rings is 1. The van der Waals surface area contributed by atoms with Gasteiger partial charge < -0.3 is 5.32 Å². The van der Waals surface area contributed by atoms with E-state index in [9.17, 15) is 4.79 Å². The molecule has 2 aromatic heterocycles. The van der Waals surface area contributed by atoms with Crippen molar-refractivity contribution in [3.05, 3.63) is 53.2 Å². The Morgan fingerprint density at radius 3 is 2.73 bits per heavy atom. The molecule has 0 aliphatic heterocycles. The highest BCUT2D eigenvalue weighted by molar-refractivity contribution is 7.15. The number of nitrogens with zero attached hydrogens (tertiary/aromatic N) is 2. The molecular formula is C20H22N4OS. The maximum absolute atomic E-state index is 11.8. The summed E-state index contributed by atoms with van der Waals surface area (Å²) in [5.41, 5.74) is 4.28. The van der Waals surface area contributed by atoms with Crippen molar-refractivity contribution in [3.63, 3.8) is 0 Å². The standard InChI is InChI=1S/C20H22N4OS/c1-4-17-24-18(14-8-6-7-13(3)11-14)19(26-17)15-9-10-22-16(12-15)23-20(25)21-5-2/h6-12H,4-5H2,1-3H3,(H2,21,22,23,25). The highest BCUT2D eigenvalue weighted by Crippen LogP contribution is 2.37. The Kier molecular flexibility index (Phi) is 5.63. The van der Waals surface area contributed by atoms with E-state index in [0.29, 0.717) is 12.4 Å². The Morgan fingerprint density at radius 2 is 2.00 bits per heavy atom. The molecule has 5 nitrogen and oxygen atoms in total. The number of hydrogen-bond acceptors (Lipinski definition) is 4. The van der Waals surface area contributed by atoms with Gasteiger partial charge in [-0.2, -0.15) is 0 Å². The average Bonchev–Trinajstić information content (AvgIpc) is 3.07. The number of aromatic nitrogens is 2. The molecule has 0 atom stereocenters. The van der Waals surface area contributed by atoms with Crippen LogP contribution in [0.1, 0.15) is 24.4 Å². The molecular weight excluding hydrogens is 344 g/mol. The number of nitrogens with one attached hydrogen (secondary N) is 2. The number of carbonyl (C=O) groups is 1. The molecule has 3 rings (SSSR count). The van der Waals surface area contributed by atoms with Gasteiger partial charge in [-0.3, -0.25) is 5.32 Å². The fourth-order valence-corrected chi connectivity index (χ4v) is 3.68. The van der Waals surface area contributed by atoms with E-state index < -0.39 is 0 Å². The molecule has 0 saturated carbocycles. The van der Waals surface area contributed by atoms with Gasteiger partial charge in [-0.1, -0.05) is 30.7 Å². The Labute approximate surface area is 157 Å². The van der Waals surface area contributed by atoms with Crippen LogP contribution >= 0.6 is 11.3 Å². The summed E-state index contributed by atoms with van der Waals surface area (Å²) in [6.45, 7) is 6.63. The normalized spacial score (nSPS) is 10.6. The van der Waals surface area contributed by atoms with E-state index in [-0.39, 0.29) is 6.03 Å². The molecule has 2 amide bonds. The van der Waals surface area contributed by atoms with Crippen LogP contribution in [0.25, 0.3) is 21.7 Å². The van der Waals surface area contributed by atoms with E-state index in [2.05, 4.69) is 47.7 Å². The number of rotatable bonds is 5. The van der Waals surface area contributed by atoms with Crippen molar-refractivity contribution in [2.45, 2.75) is 27.2 Å². The van der Waals surface area contributed by atoms with Gasteiger partial charge in [-0.05, 0) is 44.0 Å². The zero-order valence-electron chi connectivity index (χ0n) is 15.2. The molecule has 0 aliphatic rings. The highest BCUT2D eigenvalue weighted by Gasteiger charge is 2.15. The lowest BCUT2D eigenvalue weighted by atomic mass is 10.1. The van der Waals surface area contributed by atoms with E-state index in [1.807, 2.05) is 25.1 Å². The second kappa shape index (κ2) is 8.10. The minimum absolute atomic E-state index is 0.255. The van der Waals surface area contributed by atoms with E-state index in [1.165, 1.54) is 5.56 Å². The number of benzene rings is 1. The molecule has 134 valence electrons. The van der Waals surface area contributed by atoms with Crippen LogP contribution in [-0.2, 0) is 6.42 Å². The lowest BCUT2D eigenvalue weighted by molar-refractivity contribution is 0.252. The van der Waals surface area contributed by atoms with Crippen molar-refractivity contribution in [2.75, 3.05) is 11.9 Å². The third kappa shape index (κ3) is 4.08. The van der Waals surface area contributed by atoms with Gasteiger partial charge >= 0.3 is 6.03 Å². The average molecular weight is 366 g/mol. The van der Waals surface area contributed by atoms with Crippen molar-refractivity contribution in [3.8, 4) is 21.7 Å². The second-order valence-corrected chi connectivity index (χ2v) is 7.01. The Balaban J connectivity index is 2.01. The summed E-state index contributed by atoms with van der Waals surface area (Å²) in [6.07, 6.45) is 2.60. The minimum atomic E-state index is -0.255. The van der Waals surface area contributed by atoms with Crippen LogP contribution in [-0.4, -0.2) is 22.5 Å². The van der Waals surface area contributed by atoms with Crippen molar-refractivity contribution in [2.24, 2.45) is 0 Å². The number of carbonyl (C=O) groups excluding carboxylic acids is 1. The van der Waals surface area contributed by atoms with Gasteiger partial charge in [0.25, 0.3) is 0 Å². The molecule has 3 aromatic rings. The maximum Gasteiger partial charge on any atom is 0.320 e. The molecule has 0 spiro atoms. The minimum Gasteiger partial charge on any atom is -0.338 e. The summed E-state index contributed by atoms with van der Waals surface area (Å²) < 4.78 is 0. The van der Waals surface area contributed by atoms with Crippen molar-refractivity contribution in [1.29, 1.82) is 0 Å². The zero-order valence-corrected chi connectivity index (χ0v) is 16.0. The Hall–Kier alpha value is -2.73. The van der Waals surface area contributed by atoms with Crippen LogP contribution in [0.2, 0.25) is 0 Å². The van der Waals surface area contributed by atoms with Crippen LogP contribution in [0.4, 0.5) is 10.6 Å². The molecule has 1 aromatic carbocycles. The number of amides is 2. The lowest BCUT2D eigenvalue weighted by Gasteiger charge is -2.07. The second-order valence-electron chi connectivity index (χ2n) is 5.92. The maximum atomic E-state index is 11.8. The fourth-order valence-electron chi connectivity index (χ4n) is 2.66. The molecule has 0 radical (unpaired) electrons. The number of aryl methyl sites for hydroxylation is 2. The summed E-state index contributed by atoms with van der Waals surface area (Å²) in [6, 6.07) is 11.9. The van der Waals surface area contributed by atoms with Gasteiger partial charge in [-0.25, -0.2) is 14.8 Å². The number of pyridine rings is 1. The predicted octanol–water partition coefficient (Wildman–Crippen LogP) is 4.88. The summed E-state index contributed by atoms with van der Waals surface area (Å²) in [4.78, 5) is 21.9. The van der Waals surface area contributed by atoms with E-state index >= 15 is 0 Å². The molecule has 0 aliphatic carbocycles. The molecule has 0 unspecified atom stereocenters. The monoisotopic (exact) mass is 366 g/mol. The predicted molar refractivity (Wildman–Crippen MR) is 108 cm³/mol. The van der Waals surface area contributed by atoms with Crippen LogP contribution in [0, 0.1) is 6.92 Å². The van der Waals surface area contributed by atoms with Gasteiger partial charge in [0, 0.05) is 18.3 Å². The fraction of sp³-hybridized carbons (Fsp3) is 0.250. The first-order valence-electron chi connectivity index (χ1n) is 8.68.